The molecule has 2 nitrogen and oxygen atoms in total. The number of aliphatic carboxylic acids is 1. The third-order valence-electron chi connectivity index (χ3n) is 3.59. The standard InChI is InChI=1S/C12H12O2/c13-12(14)10-6-8-5-4-7-2-1-3-9(10)11(7)8/h1-3,8,10H,4-6H2,(H,13,14). The van der Waals surface area contributed by atoms with E-state index in [4.69, 9.17) is 5.11 Å². The van der Waals surface area contributed by atoms with E-state index in [1.807, 2.05) is 12.1 Å². The lowest BCUT2D eigenvalue weighted by atomic mass is 9.98. The van der Waals surface area contributed by atoms with Gasteiger partial charge in [0.25, 0.3) is 0 Å². The Bertz CT molecular complexity index is 409. The van der Waals surface area contributed by atoms with Crippen molar-refractivity contribution >= 4 is 5.97 Å². The molecule has 1 aromatic carbocycles. The molecule has 0 amide bonds. The largest absolute Gasteiger partial charge is 0.481 e. The normalized spacial score (nSPS) is 27.7. The molecule has 0 spiro atoms. The van der Waals surface area contributed by atoms with Crippen molar-refractivity contribution in [3.8, 4) is 0 Å². The summed E-state index contributed by atoms with van der Waals surface area (Å²) in [5.41, 5.74) is 3.83. The van der Waals surface area contributed by atoms with Gasteiger partial charge in [-0.3, -0.25) is 4.79 Å². The van der Waals surface area contributed by atoms with E-state index in [9.17, 15) is 4.79 Å². The fourth-order valence-corrected chi connectivity index (χ4v) is 3.01. The maximum atomic E-state index is 11.0. The van der Waals surface area contributed by atoms with E-state index >= 15 is 0 Å². The van der Waals surface area contributed by atoms with Gasteiger partial charge in [0.1, 0.15) is 0 Å². The van der Waals surface area contributed by atoms with Crippen LogP contribution in [-0.4, -0.2) is 11.1 Å². The molecule has 2 aliphatic rings. The molecule has 0 bridgehead atoms. The van der Waals surface area contributed by atoms with Gasteiger partial charge in [-0.15, -0.1) is 0 Å². The van der Waals surface area contributed by atoms with Crippen LogP contribution in [0.5, 0.6) is 0 Å². The molecule has 0 fully saturated rings. The molecule has 2 heteroatoms. The Labute approximate surface area is 82.6 Å². The Hall–Kier alpha value is -1.31. The zero-order valence-corrected chi connectivity index (χ0v) is 7.86. The second-order valence-electron chi connectivity index (χ2n) is 4.28. The Morgan fingerprint density at radius 2 is 2.29 bits per heavy atom. The second kappa shape index (κ2) is 2.59. The highest BCUT2D eigenvalue weighted by molar-refractivity contribution is 5.79. The quantitative estimate of drug-likeness (QED) is 0.734. The molecule has 14 heavy (non-hydrogen) atoms. The fourth-order valence-electron chi connectivity index (χ4n) is 3.01. The average molecular weight is 188 g/mol. The highest BCUT2D eigenvalue weighted by Gasteiger charge is 2.39. The molecule has 0 aromatic heterocycles. The zero-order valence-electron chi connectivity index (χ0n) is 7.86. The number of benzene rings is 1. The van der Waals surface area contributed by atoms with Crippen LogP contribution in [0, 0.1) is 0 Å². The van der Waals surface area contributed by atoms with Crippen LogP contribution in [-0.2, 0) is 11.2 Å². The van der Waals surface area contributed by atoms with Crippen molar-refractivity contribution < 1.29 is 9.90 Å². The Morgan fingerprint density at radius 3 is 3.07 bits per heavy atom. The van der Waals surface area contributed by atoms with Gasteiger partial charge in [-0.05, 0) is 41.9 Å². The predicted molar refractivity (Wildman–Crippen MR) is 52.5 cm³/mol. The van der Waals surface area contributed by atoms with E-state index in [0.29, 0.717) is 5.92 Å². The van der Waals surface area contributed by atoms with Gasteiger partial charge in [-0.2, -0.15) is 0 Å². The second-order valence-corrected chi connectivity index (χ2v) is 4.28. The maximum absolute atomic E-state index is 11.0. The molecule has 2 atom stereocenters. The highest BCUT2D eigenvalue weighted by Crippen LogP contribution is 2.49. The summed E-state index contributed by atoms with van der Waals surface area (Å²) in [6, 6.07) is 6.13. The van der Waals surface area contributed by atoms with Crippen LogP contribution in [0.15, 0.2) is 18.2 Å². The summed E-state index contributed by atoms with van der Waals surface area (Å²) in [4.78, 5) is 11.0. The summed E-state index contributed by atoms with van der Waals surface area (Å²) in [6.07, 6.45) is 3.11. The van der Waals surface area contributed by atoms with E-state index < -0.39 is 5.97 Å². The Balaban J connectivity index is 2.18. The molecule has 0 saturated carbocycles. The van der Waals surface area contributed by atoms with E-state index in [1.165, 1.54) is 11.1 Å². The van der Waals surface area contributed by atoms with E-state index in [2.05, 4.69) is 6.07 Å². The molecule has 0 heterocycles. The molecule has 1 aromatic rings. The van der Waals surface area contributed by atoms with E-state index in [0.717, 1.165) is 24.8 Å². The molecule has 0 radical (unpaired) electrons. The van der Waals surface area contributed by atoms with Crippen LogP contribution >= 0.6 is 0 Å². The number of hydrogen-bond acceptors (Lipinski definition) is 1. The number of carbonyl (C=O) groups is 1. The summed E-state index contributed by atoms with van der Waals surface area (Å²) >= 11 is 0. The number of aryl methyl sites for hydroxylation is 1. The van der Waals surface area contributed by atoms with Crippen LogP contribution in [0.1, 0.15) is 41.4 Å². The van der Waals surface area contributed by atoms with Crippen LogP contribution in [0.2, 0.25) is 0 Å². The minimum atomic E-state index is -0.659. The van der Waals surface area contributed by atoms with Crippen molar-refractivity contribution in [1.29, 1.82) is 0 Å². The van der Waals surface area contributed by atoms with Gasteiger partial charge in [-0.1, -0.05) is 18.2 Å². The summed E-state index contributed by atoms with van der Waals surface area (Å²) in [5, 5.41) is 9.09. The average Bonchev–Trinajstić information content (AvgIpc) is 2.72. The van der Waals surface area contributed by atoms with Crippen molar-refractivity contribution in [2.24, 2.45) is 0 Å². The lowest BCUT2D eigenvalue weighted by Crippen LogP contribution is -2.08. The molecular formula is C12H12O2. The van der Waals surface area contributed by atoms with E-state index in [-0.39, 0.29) is 5.92 Å². The number of carboxylic acid groups (broad SMARTS) is 1. The molecule has 0 saturated heterocycles. The highest BCUT2D eigenvalue weighted by atomic mass is 16.4. The lowest BCUT2D eigenvalue weighted by molar-refractivity contribution is -0.138. The van der Waals surface area contributed by atoms with Crippen LogP contribution in [0.3, 0.4) is 0 Å². The maximum Gasteiger partial charge on any atom is 0.311 e. The number of hydrogen-bond donors (Lipinski definition) is 1. The summed E-state index contributed by atoms with van der Waals surface area (Å²) in [6.45, 7) is 0. The van der Waals surface area contributed by atoms with Gasteiger partial charge in [-0.25, -0.2) is 0 Å². The Morgan fingerprint density at radius 1 is 1.43 bits per heavy atom. The zero-order chi connectivity index (χ0) is 9.71. The first kappa shape index (κ1) is 8.04. The van der Waals surface area contributed by atoms with Gasteiger partial charge in [0, 0.05) is 0 Å². The van der Waals surface area contributed by atoms with Crippen molar-refractivity contribution in [2.45, 2.75) is 31.1 Å². The van der Waals surface area contributed by atoms with Gasteiger partial charge in [0.05, 0.1) is 5.92 Å². The van der Waals surface area contributed by atoms with Gasteiger partial charge in [0.2, 0.25) is 0 Å². The molecule has 3 rings (SSSR count). The van der Waals surface area contributed by atoms with Gasteiger partial charge in [0.15, 0.2) is 0 Å². The lowest BCUT2D eigenvalue weighted by Gasteiger charge is -2.07. The summed E-state index contributed by atoms with van der Waals surface area (Å²) in [5.74, 6) is -0.370. The first-order valence-corrected chi connectivity index (χ1v) is 5.12. The third kappa shape index (κ3) is 0.884. The van der Waals surface area contributed by atoms with Gasteiger partial charge >= 0.3 is 5.97 Å². The minimum Gasteiger partial charge on any atom is -0.481 e. The van der Waals surface area contributed by atoms with Crippen LogP contribution in [0.25, 0.3) is 0 Å². The monoisotopic (exact) mass is 188 g/mol. The Kier molecular flexibility index (Phi) is 1.49. The minimum absolute atomic E-state index is 0.241. The van der Waals surface area contributed by atoms with Crippen molar-refractivity contribution in [3.63, 3.8) is 0 Å². The molecular weight excluding hydrogens is 176 g/mol. The first-order chi connectivity index (χ1) is 6.77. The number of rotatable bonds is 1. The van der Waals surface area contributed by atoms with Crippen molar-refractivity contribution in [1.82, 2.24) is 0 Å². The van der Waals surface area contributed by atoms with E-state index in [1.54, 1.807) is 0 Å². The fraction of sp³-hybridized carbons (Fsp3) is 0.417. The molecule has 0 aliphatic heterocycles. The third-order valence-corrected chi connectivity index (χ3v) is 3.59. The molecule has 2 unspecified atom stereocenters. The van der Waals surface area contributed by atoms with Crippen LogP contribution < -0.4 is 0 Å². The molecule has 2 aliphatic carbocycles. The number of carboxylic acids is 1. The summed E-state index contributed by atoms with van der Waals surface area (Å²) in [7, 11) is 0. The predicted octanol–water partition coefficient (Wildman–Crippen LogP) is 2.29. The molecule has 72 valence electrons. The molecule has 1 N–H and O–H groups in total. The summed E-state index contributed by atoms with van der Waals surface area (Å²) < 4.78 is 0. The smallest absolute Gasteiger partial charge is 0.311 e. The topological polar surface area (TPSA) is 37.3 Å². The SMILES string of the molecule is O=C(O)C1CC2CCc3cccc1c32. The first-order valence-electron chi connectivity index (χ1n) is 5.12. The van der Waals surface area contributed by atoms with Crippen LogP contribution in [0.4, 0.5) is 0 Å². The van der Waals surface area contributed by atoms with Gasteiger partial charge < -0.3 is 5.11 Å². The van der Waals surface area contributed by atoms with Crippen molar-refractivity contribution in [2.75, 3.05) is 0 Å². The van der Waals surface area contributed by atoms with Crippen molar-refractivity contribution in [3.05, 3.63) is 34.9 Å².